The standard InChI is InChI=1S/C18H24N4O2/c23-17(15-4-1-2-5-15)22-10-11-24-18(14-22)6-3-9-21(13-18)16-12-19-7-8-20-16/h1-2,7-8,12,15H,3-6,9-11,13-14H2. The minimum Gasteiger partial charge on any atom is -0.369 e. The number of aromatic nitrogens is 2. The maximum Gasteiger partial charge on any atom is 0.226 e. The highest BCUT2D eigenvalue weighted by molar-refractivity contribution is 5.80. The van der Waals surface area contributed by atoms with Crippen molar-refractivity contribution in [2.75, 3.05) is 37.7 Å². The fraction of sp³-hybridized carbons (Fsp3) is 0.611. The minimum absolute atomic E-state index is 0.139. The molecule has 3 heterocycles. The zero-order chi connectivity index (χ0) is 16.4. The van der Waals surface area contributed by atoms with Crippen LogP contribution in [0.25, 0.3) is 0 Å². The molecule has 1 spiro atoms. The molecule has 6 nitrogen and oxygen atoms in total. The van der Waals surface area contributed by atoms with Crippen LogP contribution >= 0.6 is 0 Å². The predicted molar refractivity (Wildman–Crippen MR) is 90.6 cm³/mol. The quantitative estimate of drug-likeness (QED) is 0.773. The van der Waals surface area contributed by atoms with Gasteiger partial charge in [-0.1, -0.05) is 12.2 Å². The van der Waals surface area contributed by atoms with Crippen LogP contribution in [0.15, 0.2) is 30.7 Å². The number of hydrogen-bond donors (Lipinski definition) is 0. The van der Waals surface area contributed by atoms with Gasteiger partial charge in [-0.15, -0.1) is 0 Å². The molecule has 1 aromatic heterocycles. The third-order valence-electron chi connectivity index (χ3n) is 5.33. The van der Waals surface area contributed by atoms with Crippen molar-refractivity contribution in [3.8, 4) is 0 Å². The molecule has 1 atom stereocenters. The molecule has 2 fully saturated rings. The van der Waals surface area contributed by atoms with Gasteiger partial charge in [-0.3, -0.25) is 9.78 Å². The van der Waals surface area contributed by atoms with E-state index in [2.05, 4.69) is 27.0 Å². The molecule has 128 valence electrons. The van der Waals surface area contributed by atoms with Crippen molar-refractivity contribution in [2.45, 2.75) is 31.3 Å². The summed E-state index contributed by atoms with van der Waals surface area (Å²) in [7, 11) is 0. The van der Waals surface area contributed by atoms with Crippen molar-refractivity contribution in [1.82, 2.24) is 14.9 Å². The molecular weight excluding hydrogens is 304 g/mol. The summed E-state index contributed by atoms with van der Waals surface area (Å²) in [5.41, 5.74) is -0.268. The number of rotatable bonds is 2. The van der Waals surface area contributed by atoms with Crippen LogP contribution in [0.2, 0.25) is 0 Å². The Morgan fingerprint density at radius 3 is 2.88 bits per heavy atom. The SMILES string of the molecule is O=C(C1CC=CC1)N1CCOC2(CCCN(c3cnccn3)C2)C1. The van der Waals surface area contributed by atoms with Crippen LogP contribution in [0, 0.1) is 5.92 Å². The van der Waals surface area contributed by atoms with Crippen LogP contribution < -0.4 is 4.90 Å². The number of piperidine rings is 1. The highest BCUT2D eigenvalue weighted by atomic mass is 16.5. The number of morpholine rings is 1. The lowest BCUT2D eigenvalue weighted by Gasteiger charge is -2.48. The average molecular weight is 328 g/mol. The van der Waals surface area contributed by atoms with E-state index in [9.17, 15) is 4.79 Å². The van der Waals surface area contributed by atoms with Crippen LogP contribution in [0.1, 0.15) is 25.7 Å². The fourth-order valence-electron chi connectivity index (χ4n) is 4.11. The molecule has 3 aliphatic rings. The molecule has 24 heavy (non-hydrogen) atoms. The van der Waals surface area contributed by atoms with Gasteiger partial charge in [-0.25, -0.2) is 4.98 Å². The van der Waals surface area contributed by atoms with Crippen molar-refractivity contribution in [3.05, 3.63) is 30.7 Å². The van der Waals surface area contributed by atoms with Gasteiger partial charge >= 0.3 is 0 Å². The summed E-state index contributed by atoms with van der Waals surface area (Å²) >= 11 is 0. The Hall–Kier alpha value is -1.95. The maximum atomic E-state index is 12.8. The number of anilines is 1. The molecule has 2 saturated heterocycles. The van der Waals surface area contributed by atoms with Crippen LogP contribution in [0.4, 0.5) is 5.82 Å². The molecule has 4 rings (SSSR count). The summed E-state index contributed by atoms with van der Waals surface area (Å²) in [6.45, 7) is 3.77. The zero-order valence-corrected chi connectivity index (χ0v) is 13.9. The van der Waals surface area contributed by atoms with Crippen LogP contribution in [0.3, 0.4) is 0 Å². The molecule has 0 saturated carbocycles. The van der Waals surface area contributed by atoms with Gasteiger partial charge in [-0.05, 0) is 25.7 Å². The lowest BCUT2D eigenvalue weighted by Crippen LogP contribution is -2.61. The molecular formula is C18H24N4O2. The Morgan fingerprint density at radius 2 is 2.08 bits per heavy atom. The Bertz CT molecular complexity index is 609. The van der Waals surface area contributed by atoms with Gasteiger partial charge in [0.1, 0.15) is 11.4 Å². The molecule has 1 amide bonds. The van der Waals surface area contributed by atoms with E-state index >= 15 is 0 Å². The first kappa shape index (κ1) is 15.6. The van der Waals surface area contributed by atoms with Gasteiger partial charge < -0.3 is 14.5 Å². The molecule has 0 bridgehead atoms. The average Bonchev–Trinajstić information content (AvgIpc) is 3.17. The molecule has 0 radical (unpaired) electrons. The molecule has 0 N–H and O–H groups in total. The highest BCUT2D eigenvalue weighted by Gasteiger charge is 2.43. The van der Waals surface area contributed by atoms with E-state index in [0.717, 1.165) is 44.6 Å². The third-order valence-corrected chi connectivity index (χ3v) is 5.33. The summed E-state index contributed by atoms with van der Waals surface area (Å²) in [4.78, 5) is 25.6. The largest absolute Gasteiger partial charge is 0.369 e. The van der Waals surface area contributed by atoms with Gasteiger partial charge in [0.2, 0.25) is 5.91 Å². The monoisotopic (exact) mass is 328 g/mol. The predicted octanol–water partition coefficient (Wildman–Crippen LogP) is 1.64. The number of carbonyl (C=O) groups is 1. The van der Waals surface area contributed by atoms with Crippen molar-refractivity contribution >= 4 is 11.7 Å². The van der Waals surface area contributed by atoms with E-state index in [1.165, 1.54) is 0 Å². The zero-order valence-electron chi connectivity index (χ0n) is 13.9. The Morgan fingerprint density at radius 1 is 1.21 bits per heavy atom. The first-order valence-corrected chi connectivity index (χ1v) is 8.84. The van der Waals surface area contributed by atoms with Gasteiger partial charge in [0, 0.05) is 31.4 Å². The number of amides is 1. The normalized spacial score (nSPS) is 27.8. The van der Waals surface area contributed by atoms with Gasteiger partial charge in [-0.2, -0.15) is 0 Å². The highest BCUT2D eigenvalue weighted by Crippen LogP contribution is 2.32. The second-order valence-electron chi connectivity index (χ2n) is 7.02. The Kier molecular flexibility index (Phi) is 4.22. The maximum absolute atomic E-state index is 12.8. The van der Waals surface area contributed by atoms with Crippen LogP contribution in [-0.4, -0.2) is 59.2 Å². The fourth-order valence-corrected chi connectivity index (χ4v) is 4.11. The van der Waals surface area contributed by atoms with E-state index in [4.69, 9.17) is 4.74 Å². The topological polar surface area (TPSA) is 58.6 Å². The number of hydrogen-bond acceptors (Lipinski definition) is 5. The summed E-state index contributed by atoms with van der Waals surface area (Å²) in [6, 6.07) is 0. The molecule has 2 aliphatic heterocycles. The molecule has 6 heteroatoms. The van der Waals surface area contributed by atoms with Crippen LogP contribution in [0.5, 0.6) is 0 Å². The van der Waals surface area contributed by atoms with Crippen molar-refractivity contribution in [3.63, 3.8) is 0 Å². The molecule has 1 unspecified atom stereocenters. The molecule has 0 aromatic carbocycles. The van der Waals surface area contributed by atoms with Crippen molar-refractivity contribution < 1.29 is 9.53 Å². The lowest BCUT2D eigenvalue weighted by molar-refractivity contribution is -0.155. The van der Waals surface area contributed by atoms with E-state index in [0.29, 0.717) is 25.6 Å². The van der Waals surface area contributed by atoms with Gasteiger partial charge in [0.25, 0.3) is 0 Å². The van der Waals surface area contributed by atoms with E-state index in [1.807, 2.05) is 4.90 Å². The van der Waals surface area contributed by atoms with Crippen molar-refractivity contribution in [1.29, 1.82) is 0 Å². The summed E-state index contributed by atoms with van der Waals surface area (Å²) in [6.07, 6.45) is 13.3. The van der Waals surface area contributed by atoms with Crippen LogP contribution in [-0.2, 0) is 9.53 Å². The smallest absolute Gasteiger partial charge is 0.226 e. The third kappa shape index (κ3) is 3.02. The first-order chi connectivity index (χ1) is 11.8. The summed E-state index contributed by atoms with van der Waals surface area (Å²) in [5.74, 6) is 1.32. The van der Waals surface area contributed by atoms with Gasteiger partial charge in [0.15, 0.2) is 0 Å². The molecule has 1 aromatic rings. The molecule has 1 aliphatic carbocycles. The van der Waals surface area contributed by atoms with E-state index in [-0.39, 0.29) is 11.5 Å². The second-order valence-corrected chi connectivity index (χ2v) is 7.02. The van der Waals surface area contributed by atoms with Crippen molar-refractivity contribution in [2.24, 2.45) is 5.92 Å². The van der Waals surface area contributed by atoms with E-state index < -0.39 is 0 Å². The summed E-state index contributed by atoms with van der Waals surface area (Å²) in [5, 5.41) is 0. The second kappa shape index (κ2) is 6.51. The lowest BCUT2D eigenvalue weighted by atomic mass is 9.90. The van der Waals surface area contributed by atoms with E-state index in [1.54, 1.807) is 18.6 Å². The number of carbonyl (C=O) groups excluding carboxylic acids is 1. The Labute approximate surface area is 142 Å². The first-order valence-electron chi connectivity index (χ1n) is 8.84. The minimum atomic E-state index is -0.268. The summed E-state index contributed by atoms with van der Waals surface area (Å²) < 4.78 is 6.20. The number of ether oxygens (including phenoxy) is 1. The number of nitrogens with zero attached hydrogens (tertiary/aromatic N) is 4. The Balaban J connectivity index is 1.46. The number of allylic oxidation sites excluding steroid dienone is 2. The van der Waals surface area contributed by atoms with Gasteiger partial charge in [0.05, 0.1) is 25.9 Å².